The monoisotopic (exact) mass is 265 g/mol. The molecule has 1 aliphatic rings. The first kappa shape index (κ1) is 12.6. The zero-order valence-electron chi connectivity index (χ0n) is 11.2. The van der Waals surface area contributed by atoms with E-state index in [0.29, 0.717) is 11.1 Å². The van der Waals surface area contributed by atoms with Gasteiger partial charge in [-0.3, -0.25) is 9.59 Å². The molecule has 20 heavy (non-hydrogen) atoms. The number of carbonyl (C=O) groups excluding carboxylic acids is 2. The molecule has 0 saturated carbocycles. The van der Waals surface area contributed by atoms with Crippen LogP contribution >= 0.6 is 0 Å². The van der Waals surface area contributed by atoms with Gasteiger partial charge >= 0.3 is 0 Å². The Hall–Kier alpha value is -2.42. The van der Waals surface area contributed by atoms with Crippen molar-refractivity contribution in [3.8, 4) is 0 Å². The van der Waals surface area contributed by atoms with E-state index >= 15 is 0 Å². The summed E-state index contributed by atoms with van der Waals surface area (Å²) < 4.78 is 0. The molecule has 0 aliphatic carbocycles. The first-order chi connectivity index (χ1) is 9.70. The molecule has 0 bridgehead atoms. The first-order valence-corrected chi connectivity index (χ1v) is 6.67. The van der Waals surface area contributed by atoms with Gasteiger partial charge in [0.05, 0.1) is 0 Å². The molecular formula is C17H15NO2. The average Bonchev–Trinajstić information content (AvgIpc) is 2.82. The van der Waals surface area contributed by atoms with Crippen molar-refractivity contribution < 1.29 is 9.59 Å². The predicted molar refractivity (Wildman–Crippen MR) is 78.2 cm³/mol. The van der Waals surface area contributed by atoms with E-state index in [0.717, 1.165) is 18.4 Å². The number of hydrogen-bond donors (Lipinski definition) is 0. The average molecular weight is 265 g/mol. The molecule has 3 rings (SSSR count). The highest BCUT2D eigenvalue weighted by molar-refractivity contribution is 6.08. The van der Waals surface area contributed by atoms with Gasteiger partial charge in [0.2, 0.25) is 0 Å². The minimum absolute atomic E-state index is 0.0140. The minimum atomic E-state index is -0.0140. The fourth-order valence-electron chi connectivity index (χ4n) is 2.72. The van der Waals surface area contributed by atoms with Gasteiger partial charge in [-0.25, -0.2) is 0 Å². The molecule has 1 atom stereocenters. The fraction of sp³-hybridized carbons (Fsp3) is 0.176. The van der Waals surface area contributed by atoms with E-state index in [2.05, 4.69) is 13.0 Å². The molecule has 3 nitrogen and oxygen atoms in total. The van der Waals surface area contributed by atoms with Crippen LogP contribution in [0.2, 0.25) is 0 Å². The van der Waals surface area contributed by atoms with E-state index in [1.807, 2.05) is 23.1 Å². The van der Waals surface area contributed by atoms with Crippen molar-refractivity contribution in [1.82, 2.24) is 0 Å². The van der Waals surface area contributed by atoms with E-state index in [1.165, 1.54) is 5.56 Å². The molecule has 1 amide bonds. The van der Waals surface area contributed by atoms with Crippen LogP contribution in [0.25, 0.3) is 0 Å². The van der Waals surface area contributed by atoms with Crippen LogP contribution in [0.3, 0.4) is 0 Å². The van der Waals surface area contributed by atoms with E-state index in [9.17, 15) is 9.59 Å². The largest absolute Gasteiger partial charge is 0.305 e. The van der Waals surface area contributed by atoms with Crippen LogP contribution in [0.1, 0.15) is 33.2 Å². The highest BCUT2D eigenvalue weighted by Gasteiger charge is 2.30. The third-order valence-electron chi connectivity index (χ3n) is 3.72. The second kappa shape index (κ2) is 4.93. The van der Waals surface area contributed by atoms with E-state index in [-0.39, 0.29) is 11.9 Å². The van der Waals surface area contributed by atoms with Crippen LogP contribution < -0.4 is 4.90 Å². The smallest absolute Gasteiger partial charge is 0.258 e. The summed E-state index contributed by atoms with van der Waals surface area (Å²) >= 11 is 0. The van der Waals surface area contributed by atoms with E-state index in [4.69, 9.17) is 0 Å². The lowest BCUT2D eigenvalue weighted by Gasteiger charge is -2.22. The van der Waals surface area contributed by atoms with Crippen molar-refractivity contribution in [2.45, 2.75) is 19.4 Å². The van der Waals surface area contributed by atoms with Gasteiger partial charge in [0.15, 0.2) is 0 Å². The maximum atomic E-state index is 12.7. The number of para-hydroxylation sites is 1. The number of benzene rings is 2. The van der Waals surface area contributed by atoms with Crippen molar-refractivity contribution >= 4 is 17.9 Å². The Morgan fingerprint density at radius 2 is 1.85 bits per heavy atom. The topological polar surface area (TPSA) is 37.4 Å². The summed E-state index contributed by atoms with van der Waals surface area (Å²) in [6.07, 6.45) is 1.66. The number of anilines is 1. The lowest BCUT2D eigenvalue weighted by Crippen LogP contribution is -2.35. The molecule has 0 fully saturated rings. The van der Waals surface area contributed by atoms with Gasteiger partial charge in [-0.15, -0.1) is 0 Å². The van der Waals surface area contributed by atoms with Crippen molar-refractivity contribution in [2.75, 3.05) is 4.90 Å². The fourth-order valence-corrected chi connectivity index (χ4v) is 2.72. The predicted octanol–water partition coefficient (Wildman–Crippen LogP) is 3.09. The summed E-state index contributed by atoms with van der Waals surface area (Å²) in [5.41, 5.74) is 3.39. The van der Waals surface area contributed by atoms with Crippen molar-refractivity contribution in [1.29, 1.82) is 0 Å². The summed E-state index contributed by atoms with van der Waals surface area (Å²) in [6, 6.07) is 14.9. The van der Waals surface area contributed by atoms with Crippen molar-refractivity contribution in [3.05, 3.63) is 65.2 Å². The summed E-state index contributed by atoms with van der Waals surface area (Å²) in [4.78, 5) is 25.2. The lowest BCUT2D eigenvalue weighted by molar-refractivity contribution is 0.0980. The maximum Gasteiger partial charge on any atom is 0.258 e. The Morgan fingerprint density at radius 1 is 1.15 bits per heavy atom. The second-order valence-corrected chi connectivity index (χ2v) is 5.10. The number of fused-ring (bicyclic) bond motifs is 1. The summed E-state index contributed by atoms with van der Waals surface area (Å²) in [5.74, 6) is -0.0140. The van der Waals surface area contributed by atoms with Gasteiger partial charge in [0, 0.05) is 22.9 Å². The van der Waals surface area contributed by atoms with Gasteiger partial charge in [-0.2, -0.15) is 0 Å². The van der Waals surface area contributed by atoms with E-state index in [1.54, 1.807) is 24.3 Å². The maximum absolute atomic E-state index is 12.7. The molecule has 0 spiro atoms. The number of aldehydes is 1. The Bertz CT molecular complexity index is 661. The van der Waals surface area contributed by atoms with Gasteiger partial charge in [-0.1, -0.05) is 30.3 Å². The van der Waals surface area contributed by atoms with Gasteiger partial charge in [-0.05, 0) is 37.1 Å². The second-order valence-electron chi connectivity index (χ2n) is 5.10. The van der Waals surface area contributed by atoms with Crippen LogP contribution in [0.5, 0.6) is 0 Å². The molecule has 3 heteroatoms. The van der Waals surface area contributed by atoms with Gasteiger partial charge < -0.3 is 4.90 Å². The first-order valence-electron chi connectivity index (χ1n) is 6.67. The normalized spacial score (nSPS) is 16.9. The molecular weight excluding hydrogens is 250 g/mol. The van der Waals surface area contributed by atoms with Crippen LogP contribution in [0.4, 0.5) is 5.69 Å². The van der Waals surface area contributed by atoms with Crippen LogP contribution in [0.15, 0.2) is 48.5 Å². The molecule has 0 radical (unpaired) electrons. The van der Waals surface area contributed by atoms with Crippen LogP contribution in [0, 0.1) is 0 Å². The number of hydrogen-bond acceptors (Lipinski definition) is 2. The number of amides is 1. The third kappa shape index (κ3) is 2.01. The number of nitrogens with zero attached hydrogens (tertiary/aromatic N) is 1. The Labute approximate surface area is 117 Å². The van der Waals surface area contributed by atoms with Gasteiger partial charge in [0.1, 0.15) is 6.29 Å². The molecule has 1 unspecified atom stereocenters. The number of carbonyl (C=O) groups is 2. The van der Waals surface area contributed by atoms with E-state index < -0.39 is 0 Å². The van der Waals surface area contributed by atoms with Crippen molar-refractivity contribution in [3.63, 3.8) is 0 Å². The molecule has 100 valence electrons. The summed E-state index contributed by atoms with van der Waals surface area (Å²) in [5, 5.41) is 0. The molecule has 2 aromatic carbocycles. The highest BCUT2D eigenvalue weighted by Crippen LogP contribution is 2.32. The Morgan fingerprint density at radius 3 is 2.55 bits per heavy atom. The summed E-state index contributed by atoms with van der Waals surface area (Å²) in [7, 11) is 0. The summed E-state index contributed by atoms with van der Waals surface area (Å²) in [6.45, 7) is 2.05. The molecule has 2 aromatic rings. The van der Waals surface area contributed by atoms with Gasteiger partial charge in [0.25, 0.3) is 5.91 Å². The zero-order valence-corrected chi connectivity index (χ0v) is 11.2. The minimum Gasteiger partial charge on any atom is -0.305 e. The zero-order chi connectivity index (χ0) is 14.1. The molecule has 0 aromatic heterocycles. The molecule has 0 saturated heterocycles. The standard InChI is InChI=1S/C17H15NO2/c1-12-10-15-4-2-3-5-16(15)18(12)17(20)14-8-6-13(11-19)7-9-14/h2-9,11-12H,10H2,1H3. The Balaban J connectivity index is 1.95. The molecule has 1 heterocycles. The SMILES string of the molecule is CC1Cc2ccccc2N1C(=O)c1ccc(C=O)cc1. The third-order valence-corrected chi connectivity index (χ3v) is 3.72. The van der Waals surface area contributed by atoms with Crippen molar-refractivity contribution in [2.24, 2.45) is 0 Å². The molecule has 1 aliphatic heterocycles. The number of rotatable bonds is 2. The quantitative estimate of drug-likeness (QED) is 0.782. The van der Waals surface area contributed by atoms with Crippen LogP contribution in [-0.2, 0) is 6.42 Å². The highest BCUT2D eigenvalue weighted by atomic mass is 16.2. The molecule has 0 N–H and O–H groups in total. The Kier molecular flexibility index (Phi) is 3.11. The van der Waals surface area contributed by atoms with Crippen LogP contribution in [-0.4, -0.2) is 18.2 Å². The lowest BCUT2D eigenvalue weighted by atomic mass is 10.1.